The second kappa shape index (κ2) is 10.9. The Morgan fingerprint density at radius 1 is 0.636 bits per heavy atom. The van der Waals surface area contributed by atoms with Crippen molar-refractivity contribution in [3.8, 4) is 11.5 Å². The summed E-state index contributed by atoms with van der Waals surface area (Å²) in [5.74, 6) is 1.59. The minimum atomic E-state index is -0.884. The van der Waals surface area contributed by atoms with Crippen LogP contribution in [-0.2, 0) is 10.3 Å². The Morgan fingerprint density at radius 3 is 1.64 bits per heavy atom. The Kier molecular flexibility index (Phi) is 7.69. The number of hydrogen-bond acceptors (Lipinski definition) is 4. The zero-order chi connectivity index (χ0) is 23.1. The second-order valence-corrected chi connectivity index (χ2v) is 8.72. The van der Waals surface area contributed by atoms with Crippen molar-refractivity contribution in [2.24, 2.45) is 0 Å². The van der Waals surface area contributed by atoms with Gasteiger partial charge in [0, 0.05) is 0 Å². The van der Waals surface area contributed by atoms with Crippen LogP contribution in [0.2, 0.25) is 0 Å². The summed E-state index contributed by atoms with van der Waals surface area (Å²) >= 11 is 0. The quantitative estimate of drug-likeness (QED) is 0.446. The molecular formula is C29H34O4. The van der Waals surface area contributed by atoms with E-state index in [-0.39, 0.29) is 6.10 Å². The van der Waals surface area contributed by atoms with Crippen molar-refractivity contribution in [3.63, 3.8) is 0 Å². The highest BCUT2D eigenvalue weighted by Crippen LogP contribution is 2.43. The van der Waals surface area contributed by atoms with Crippen molar-refractivity contribution in [3.05, 3.63) is 95.6 Å². The van der Waals surface area contributed by atoms with E-state index in [9.17, 15) is 5.11 Å². The summed E-state index contributed by atoms with van der Waals surface area (Å²) in [6, 6.07) is 26.4. The van der Waals surface area contributed by atoms with Crippen LogP contribution in [0.1, 0.15) is 55.2 Å². The number of aliphatic hydroxyl groups is 1. The summed E-state index contributed by atoms with van der Waals surface area (Å²) in [6.45, 7) is 0. The van der Waals surface area contributed by atoms with E-state index in [0.717, 1.165) is 53.9 Å². The van der Waals surface area contributed by atoms with Gasteiger partial charge in [0.1, 0.15) is 17.1 Å². The Balaban J connectivity index is 1.90. The lowest BCUT2D eigenvalue weighted by molar-refractivity contribution is -0.110. The summed E-state index contributed by atoms with van der Waals surface area (Å²) in [5, 5.41) is 11.1. The number of aliphatic hydroxyl groups excluding tert-OH is 1. The third-order valence-electron chi connectivity index (χ3n) is 6.67. The molecule has 174 valence electrons. The van der Waals surface area contributed by atoms with Crippen molar-refractivity contribution in [1.29, 1.82) is 0 Å². The first-order valence-corrected chi connectivity index (χ1v) is 11.9. The lowest BCUT2D eigenvalue weighted by Crippen LogP contribution is -2.42. The monoisotopic (exact) mass is 446 g/mol. The molecule has 3 aromatic carbocycles. The van der Waals surface area contributed by atoms with E-state index in [1.165, 1.54) is 12.8 Å². The van der Waals surface area contributed by atoms with Crippen molar-refractivity contribution < 1.29 is 19.3 Å². The molecule has 0 unspecified atom stereocenters. The van der Waals surface area contributed by atoms with Crippen LogP contribution < -0.4 is 9.47 Å². The van der Waals surface area contributed by atoms with E-state index in [1.54, 1.807) is 14.2 Å². The van der Waals surface area contributed by atoms with Gasteiger partial charge in [0.05, 0.1) is 26.4 Å². The molecule has 0 aliphatic heterocycles. The highest BCUT2D eigenvalue weighted by atomic mass is 16.5. The van der Waals surface area contributed by atoms with Crippen molar-refractivity contribution >= 4 is 0 Å². The van der Waals surface area contributed by atoms with Gasteiger partial charge in [-0.15, -0.1) is 0 Å². The predicted molar refractivity (Wildman–Crippen MR) is 131 cm³/mol. The van der Waals surface area contributed by atoms with Gasteiger partial charge in [-0.05, 0) is 53.8 Å². The van der Waals surface area contributed by atoms with Crippen molar-refractivity contribution in [1.82, 2.24) is 0 Å². The predicted octanol–water partition coefficient (Wildman–Crippen LogP) is 6.10. The molecule has 1 fully saturated rings. The number of hydrogen-bond donors (Lipinski definition) is 1. The van der Waals surface area contributed by atoms with E-state index < -0.39 is 11.7 Å². The lowest BCUT2D eigenvalue weighted by Gasteiger charge is -2.41. The summed E-state index contributed by atoms with van der Waals surface area (Å²) in [6.07, 6.45) is 5.27. The molecule has 4 rings (SSSR count). The van der Waals surface area contributed by atoms with Crippen LogP contribution in [-0.4, -0.2) is 31.5 Å². The molecule has 33 heavy (non-hydrogen) atoms. The SMILES string of the molecule is COc1ccc(C(O[C@H]2CCCCCC[C@H]2O)(c2ccccc2)c2ccc(OC)cc2)cc1. The zero-order valence-corrected chi connectivity index (χ0v) is 19.6. The van der Waals surface area contributed by atoms with Crippen LogP contribution >= 0.6 is 0 Å². The largest absolute Gasteiger partial charge is 0.497 e. The zero-order valence-electron chi connectivity index (χ0n) is 19.6. The normalized spacial score (nSPS) is 19.4. The molecule has 1 aliphatic carbocycles. The van der Waals surface area contributed by atoms with Crippen LogP contribution in [0, 0.1) is 0 Å². The molecular weight excluding hydrogens is 412 g/mol. The Labute approximate surface area is 197 Å². The van der Waals surface area contributed by atoms with E-state index >= 15 is 0 Å². The van der Waals surface area contributed by atoms with Gasteiger partial charge in [-0.3, -0.25) is 0 Å². The van der Waals surface area contributed by atoms with Crippen LogP contribution in [0.5, 0.6) is 11.5 Å². The number of benzene rings is 3. The van der Waals surface area contributed by atoms with E-state index in [2.05, 4.69) is 36.4 Å². The molecule has 3 aromatic rings. The van der Waals surface area contributed by atoms with Gasteiger partial charge in [-0.25, -0.2) is 0 Å². The molecule has 4 nitrogen and oxygen atoms in total. The van der Waals surface area contributed by atoms with Crippen LogP contribution in [0.15, 0.2) is 78.9 Å². The van der Waals surface area contributed by atoms with Crippen LogP contribution in [0.25, 0.3) is 0 Å². The highest BCUT2D eigenvalue weighted by Gasteiger charge is 2.41. The molecule has 0 amide bonds. The van der Waals surface area contributed by atoms with Gasteiger partial charge in [-0.1, -0.05) is 80.3 Å². The third-order valence-corrected chi connectivity index (χ3v) is 6.67. The maximum atomic E-state index is 11.1. The molecule has 0 saturated heterocycles. The average molecular weight is 447 g/mol. The minimum Gasteiger partial charge on any atom is -0.497 e. The topological polar surface area (TPSA) is 47.9 Å². The van der Waals surface area contributed by atoms with Crippen molar-refractivity contribution in [2.45, 2.75) is 56.3 Å². The first-order valence-electron chi connectivity index (χ1n) is 11.9. The van der Waals surface area contributed by atoms with Crippen LogP contribution in [0.4, 0.5) is 0 Å². The molecule has 0 heterocycles. The molecule has 0 aromatic heterocycles. The Hall–Kier alpha value is -2.82. The van der Waals surface area contributed by atoms with Crippen LogP contribution in [0.3, 0.4) is 0 Å². The molecule has 0 radical (unpaired) electrons. The van der Waals surface area contributed by atoms with Gasteiger partial charge in [0.25, 0.3) is 0 Å². The standard InChI is InChI=1S/C29H34O4/c1-31-25-18-14-23(15-19-25)29(22-10-6-5-7-11-22,24-16-20-26(32-2)21-17-24)33-28-13-9-4-3-8-12-27(28)30/h5-7,10-11,14-21,27-28,30H,3-4,8-9,12-13H2,1-2H3/t27-,28+/m1/s1. The maximum absolute atomic E-state index is 11.1. The summed E-state index contributed by atoms with van der Waals surface area (Å²) < 4.78 is 17.9. The van der Waals surface area contributed by atoms with Gasteiger partial charge < -0.3 is 19.3 Å². The van der Waals surface area contributed by atoms with Gasteiger partial charge in [-0.2, -0.15) is 0 Å². The molecule has 1 aliphatic rings. The summed E-state index contributed by atoms with van der Waals surface area (Å²) in [4.78, 5) is 0. The molecule has 2 atom stereocenters. The van der Waals surface area contributed by atoms with E-state index in [1.807, 2.05) is 42.5 Å². The Bertz CT molecular complexity index is 935. The van der Waals surface area contributed by atoms with E-state index in [0.29, 0.717) is 0 Å². The number of rotatable bonds is 7. The van der Waals surface area contributed by atoms with Gasteiger partial charge >= 0.3 is 0 Å². The first kappa shape index (κ1) is 23.3. The molecule has 4 heteroatoms. The second-order valence-electron chi connectivity index (χ2n) is 8.72. The molecule has 0 bridgehead atoms. The fourth-order valence-electron chi connectivity index (χ4n) is 4.82. The lowest BCUT2D eigenvalue weighted by atomic mass is 9.79. The summed E-state index contributed by atoms with van der Waals surface area (Å²) in [5.41, 5.74) is 2.13. The fourth-order valence-corrected chi connectivity index (χ4v) is 4.82. The maximum Gasteiger partial charge on any atom is 0.144 e. The van der Waals surface area contributed by atoms with Gasteiger partial charge in [0.15, 0.2) is 0 Å². The molecule has 1 N–H and O–H groups in total. The first-order chi connectivity index (χ1) is 16.2. The summed E-state index contributed by atoms with van der Waals surface area (Å²) in [7, 11) is 3.34. The average Bonchev–Trinajstić information content (AvgIpc) is 2.87. The highest BCUT2D eigenvalue weighted by molar-refractivity contribution is 5.49. The smallest absolute Gasteiger partial charge is 0.144 e. The van der Waals surface area contributed by atoms with E-state index in [4.69, 9.17) is 14.2 Å². The minimum absolute atomic E-state index is 0.269. The molecule has 1 saturated carbocycles. The molecule has 0 spiro atoms. The number of ether oxygens (including phenoxy) is 3. The number of methoxy groups -OCH3 is 2. The van der Waals surface area contributed by atoms with Crippen molar-refractivity contribution in [2.75, 3.05) is 14.2 Å². The third kappa shape index (κ3) is 5.07. The Morgan fingerprint density at radius 2 is 1.12 bits per heavy atom. The van der Waals surface area contributed by atoms with Gasteiger partial charge in [0.2, 0.25) is 0 Å². The fraction of sp³-hybridized carbons (Fsp3) is 0.379.